The maximum absolute atomic E-state index is 12.5. The van der Waals surface area contributed by atoms with E-state index in [2.05, 4.69) is 10.2 Å². The summed E-state index contributed by atoms with van der Waals surface area (Å²) in [4.78, 5) is 2.19. The molecule has 1 heterocycles. The maximum atomic E-state index is 12.5. The van der Waals surface area contributed by atoms with Gasteiger partial charge in [0.25, 0.3) is 0 Å². The lowest BCUT2D eigenvalue weighted by Crippen LogP contribution is -3.00. The summed E-state index contributed by atoms with van der Waals surface area (Å²) in [7, 11) is 0. The van der Waals surface area contributed by atoms with Gasteiger partial charge in [0, 0.05) is 19.6 Å². The molecule has 0 amide bonds. The Bertz CT molecular complexity index is 376. The third-order valence-corrected chi connectivity index (χ3v) is 2.96. The summed E-state index contributed by atoms with van der Waals surface area (Å²) in [5.41, 5.74) is 0.181. The number of benzene rings is 1. The smallest absolute Gasteiger partial charge is 0.416 e. The normalized spacial score (nSPS) is 17.3. The highest BCUT2D eigenvalue weighted by molar-refractivity contribution is 5.25. The molecule has 0 radical (unpaired) electrons. The van der Waals surface area contributed by atoms with Crippen LogP contribution in [0.4, 0.5) is 13.2 Å². The summed E-state index contributed by atoms with van der Waals surface area (Å²) in [6.45, 7) is 4.54. The predicted octanol–water partition coefficient (Wildman–Crippen LogP) is -1.91. The number of hydrogen-bond donors (Lipinski definition) is 1. The van der Waals surface area contributed by atoms with Gasteiger partial charge in [-0.25, -0.2) is 0 Å². The fourth-order valence-electron chi connectivity index (χ4n) is 2.07. The zero-order valence-corrected chi connectivity index (χ0v) is 10.6. The van der Waals surface area contributed by atoms with E-state index in [-0.39, 0.29) is 12.4 Å². The highest BCUT2D eigenvalue weighted by atomic mass is 35.5. The predicted molar refractivity (Wildman–Crippen MR) is 58.4 cm³/mol. The SMILES string of the molecule is FC(F)(F)c1cccc(CN2CC[NH2+]CC2)c1.[Cl-]. The Morgan fingerprint density at radius 1 is 1.17 bits per heavy atom. The van der Waals surface area contributed by atoms with E-state index >= 15 is 0 Å². The van der Waals surface area contributed by atoms with Crippen LogP contribution in [0.3, 0.4) is 0 Å². The van der Waals surface area contributed by atoms with Gasteiger partial charge in [0.15, 0.2) is 0 Å². The standard InChI is InChI=1S/C12H15F3N2.ClH/c13-12(14,15)11-3-1-2-10(8-11)9-17-6-4-16-5-7-17;/h1-3,8,16H,4-7,9H2;1H. The Morgan fingerprint density at radius 3 is 2.44 bits per heavy atom. The lowest BCUT2D eigenvalue weighted by Gasteiger charge is -2.25. The van der Waals surface area contributed by atoms with Crippen molar-refractivity contribution in [1.82, 2.24) is 4.90 Å². The number of hydrogen-bond acceptors (Lipinski definition) is 1. The first-order valence-electron chi connectivity index (χ1n) is 5.76. The number of piperazine rings is 1. The zero-order chi connectivity index (χ0) is 12.3. The van der Waals surface area contributed by atoms with Crippen molar-refractivity contribution >= 4 is 0 Å². The first kappa shape index (κ1) is 15.3. The van der Waals surface area contributed by atoms with Crippen molar-refractivity contribution < 1.29 is 30.9 Å². The van der Waals surface area contributed by atoms with Gasteiger partial charge in [0.1, 0.15) is 0 Å². The minimum atomic E-state index is -4.24. The number of halogens is 4. The highest BCUT2D eigenvalue weighted by Gasteiger charge is 2.30. The summed E-state index contributed by atoms with van der Waals surface area (Å²) < 4.78 is 37.6. The zero-order valence-electron chi connectivity index (χ0n) is 9.88. The molecule has 2 nitrogen and oxygen atoms in total. The van der Waals surface area contributed by atoms with Crippen LogP contribution < -0.4 is 17.7 Å². The van der Waals surface area contributed by atoms with Gasteiger partial charge in [-0.15, -0.1) is 0 Å². The molecule has 1 fully saturated rings. The molecule has 2 N–H and O–H groups in total. The van der Waals surface area contributed by atoms with Gasteiger partial charge in [-0.2, -0.15) is 13.2 Å². The molecule has 0 bridgehead atoms. The molecule has 1 saturated heterocycles. The van der Waals surface area contributed by atoms with Gasteiger partial charge in [-0.05, 0) is 11.6 Å². The maximum Gasteiger partial charge on any atom is 0.416 e. The quantitative estimate of drug-likeness (QED) is 0.670. The number of nitrogens with zero attached hydrogens (tertiary/aromatic N) is 1. The van der Waals surface area contributed by atoms with Crippen LogP contribution in [0.25, 0.3) is 0 Å². The van der Waals surface area contributed by atoms with E-state index in [0.717, 1.165) is 37.8 Å². The lowest BCUT2D eigenvalue weighted by molar-refractivity contribution is -0.663. The molecule has 1 aliphatic heterocycles. The fraction of sp³-hybridized carbons (Fsp3) is 0.500. The van der Waals surface area contributed by atoms with Crippen LogP contribution in [0.1, 0.15) is 11.1 Å². The first-order chi connectivity index (χ1) is 8.05. The van der Waals surface area contributed by atoms with Gasteiger partial charge < -0.3 is 17.7 Å². The summed E-state index contributed by atoms with van der Waals surface area (Å²) in [6, 6.07) is 5.60. The molecule has 1 aromatic carbocycles. The summed E-state index contributed by atoms with van der Waals surface area (Å²) in [5.74, 6) is 0. The molecular formula is C12H16ClF3N2. The van der Waals surface area contributed by atoms with Crippen LogP contribution in [0.5, 0.6) is 0 Å². The number of rotatable bonds is 2. The molecule has 0 atom stereocenters. The number of quaternary nitrogens is 1. The van der Waals surface area contributed by atoms with E-state index in [1.807, 2.05) is 0 Å². The minimum Gasteiger partial charge on any atom is -1.00 e. The molecule has 18 heavy (non-hydrogen) atoms. The van der Waals surface area contributed by atoms with Crippen molar-refractivity contribution in [1.29, 1.82) is 0 Å². The van der Waals surface area contributed by atoms with Crippen molar-refractivity contribution in [2.45, 2.75) is 12.7 Å². The average molecular weight is 281 g/mol. The Balaban J connectivity index is 0.00000162. The number of alkyl halides is 3. The Morgan fingerprint density at radius 2 is 1.83 bits per heavy atom. The second-order valence-corrected chi connectivity index (χ2v) is 4.34. The van der Waals surface area contributed by atoms with Gasteiger partial charge in [0.05, 0.1) is 18.7 Å². The van der Waals surface area contributed by atoms with E-state index in [4.69, 9.17) is 0 Å². The Kier molecular flexibility index (Phi) is 5.44. The molecule has 102 valence electrons. The second kappa shape index (κ2) is 6.41. The van der Waals surface area contributed by atoms with E-state index in [9.17, 15) is 13.2 Å². The molecule has 0 unspecified atom stereocenters. The van der Waals surface area contributed by atoms with Gasteiger partial charge in [0.2, 0.25) is 0 Å². The molecule has 2 rings (SSSR count). The van der Waals surface area contributed by atoms with E-state index in [0.29, 0.717) is 6.54 Å². The largest absolute Gasteiger partial charge is 1.00 e. The van der Waals surface area contributed by atoms with E-state index in [1.54, 1.807) is 6.07 Å². The van der Waals surface area contributed by atoms with Gasteiger partial charge in [-0.3, -0.25) is 4.90 Å². The summed E-state index contributed by atoms with van der Waals surface area (Å²) >= 11 is 0. The van der Waals surface area contributed by atoms with Crippen molar-refractivity contribution in [2.24, 2.45) is 0 Å². The van der Waals surface area contributed by atoms with Gasteiger partial charge >= 0.3 is 6.18 Å². The lowest BCUT2D eigenvalue weighted by atomic mass is 10.1. The fourth-order valence-corrected chi connectivity index (χ4v) is 2.07. The molecular weight excluding hydrogens is 265 g/mol. The second-order valence-electron chi connectivity index (χ2n) is 4.34. The topological polar surface area (TPSA) is 19.9 Å². The number of nitrogens with two attached hydrogens (primary N) is 1. The summed E-state index contributed by atoms with van der Waals surface area (Å²) in [5, 5.41) is 2.22. The van der Waals surface area contributed by atoms with Crippen LogP contribution in [0.15, 0.2) is 24.3 Å². The van der Waals surface area contributed by atoms with Crippen LogP contribution in [0.2, 0.25) is 0 Å². The van der Waals surface area contributed by atoms with Crippen LogP contribution in [-0.2, 0) is 12.7 Å². The van der Waals surface area contributed by atoms with Crippen molar-refractivity contribution in [3.63, 3.8) is 0 Å². The van der Waals surface area contributed by atoms with E-state index in [1.165, 1.54) is 12.1 Å². The third kappa shape index (κ3) is 4.15. The molecule has 1 aromatic rings. The van der Waals surface area contributed by atoms with Crippen molar-refractivity contribution in [2.75, 3.05) is 26.2 Å². The van der Waals surface area contributed by atoms with Crippen molar-refractivity contribution in [3.8, 4) is 0 Å². The van der Waals surface area contributed by atoms with Gasteiger partial charge in [-0.1, -0.05) is 18.2 Å². The first-order valence-corrected chi connectivity index (χ1v) is 5.76. The molecule has 0 saturated carbocycles. The molecule has 1 aliphatic rings. The highest BCUT2D eigenvalue weighted by Crippen LogP contribution is 2.29. The molecule has 0 spiro atoms. The molecule has 6 heteroatoms. The molecule has 0 aromatic heterocycles. The van der Waals surface area contributed by atoms with Crippen LogP contribution in [0, 0.1) is 0 Å². The van der Waals surface area contributed by atoms with E-state index < -0.39 is 11.7 Å². The van der Waals surface area contributed by atoms with Crippen molar-refractivity contribution in [3.05, 3.63) is 35.4 Å². The minimum absolute atomic E-state index is 0. The Hall–Kier alpha value is -0.780. The van der Waals surface area contributed by atoms with Crippen LogP contribution >= 0.6 is 0 Å². The Labute approximate surface area is 111 Å². The third-order valence-electron chi connectivity index (χ3n) is 2.96. The monoisotopic (exact) mass is 280 g/mol. The van der Waals surface area contributed by atoms with Crippen LogP contribution in [-0.4, -0.2) is 31.1 Å². The molecule has 0 aliphatic carbocycles. The summed E-state index contributed by atoms with van der Waals surface area (Å²) in [6.07, 6.45) is -4.24. The average Bonchev–Trinajstić information content (AvgIpc) is 2.29.